The van der Waals surface area contributed by atoms with Crippen molar-refractivity contribution < 1.29 is 27.4 Å². The maximum absolute atomic E-state index is 12.2. The lowest BCUT2D eigenvalue weighted by Gasteiger charge is -2.22. The Hall–Kier alpha value is -0.820. The smallest absolute Gasteiger partial charge is 0.378 e. The fraction of sp³-hybridized carbons (Fsp3) is 0.889. The zero-order valence-electron chi connectivity index (χ0n) is 9.43. The number of rotatable bonds is 6. The van der Waals surface area contributed by atoms with Crippen LogP contribution in [0.3, 0.4) is 0 Å². The van der Waals surface area contributed by atoms with Crippen molar-refractivity contribution in [2.45, 2.75) is 32.2 Å². The molecular weight excluding hydrogens is 227 g/mol. The largest absolute Gasteiger partial charge is 0.414 e. The molecule has 0 aliphatic carbocycles. The summed E-state index contributed by atoms with van der Waals surface area (Å²) in [6.45, 7) is 2.63. The Balaban J connectivity index is 4.36. The van der Waals surface area contributed by atoms with Crippen LogP contribution in [0.25, 0.3) is 0 Å². The lowest BCUT2D eigenvalue weighted by atomic mass is 10.3. The number of ether oxygens (including phenoxy) is 2. The summed E-state index contributed by atoms with van der Waals surface area (Å²) in [5, 5.41) is 2.22. The van der Waals surface area contributed by atoms with Crippen LogP contribution in [0.2, 0.25) is 0 Å². The third-order valence-electron chi connectivity index (χ3n) is 1.84. The Bertz CT molecular complexity index is 221. The summed E-state index contributed by atoms with van der Waals surface area (Å²) in [7, 11) is 1.32. The highest BCUT2D eigenvalue weighted by Crippen LogP contribution is 2.23. The second kappa shape index (κ2) is 6.70. The van der Waals surface area contributed by atoms with Gasteiger partial charge in [-0.2, -0.15) is 13.2 Å². The van der Waals surface area contributed by atoms with E-state index in [1.807, 2.05) is 0 Å². The van der Waals surface area contributed by atoms with E-state index in [2.05, 4.69) is 10.1 Å². The van der Waals surface area contributed by atoms with Gasteiger partial charge in [0.25, 0.3) is 5.91 Å². The van der Waals surface area contributed by atoms with E-state index >= 15 is 0 Å². The van der Waals surface area contributed by atoms with Crippen LogP contribution in [0.5, 0.6) is 0 Å². The molecule has 0 saturated carbocycles. The molecule has 0 bridgehead atoms. The molecule has 0 aliphatic rings. The van der Waals surface area contributed by atoms with Crippen molar-refractivity contribution >= 4 is 5.91 Å². The van der Waals surface area contributed by atoms with Gasteiger partial charge in [0.2, 0.25) is 0 Å². The molecule has 0 rings (SSSR count). The number of halogens is 3. The first-order valence-electron chi connectivity index (χ1n) is 4.84. The first-order chi connectivity index (χ1) is 7.32. The first kappa shape index (κ1) is 15.2. The van der Waals surface area contributed by atoms with Crippen molar-refractivity contribution in [1.82, 2.24) is 5.32 Å². The van der Waals surface area contributed by atoms with Gasteiger partial charge >= 0.3 is 6.18 Å². The summed E-state index contributed by atoms with van der Waals surface area (Å²) < 4.78 is 46.1. The van der Waals surface area contributed by atoms with Crippen molar-refractivity contribution in [1.29, 1.82) is 0 Å². The molecule has 7 heteroatoms. The van der Waals surface area contributed by atoms with Gasteiger partial charge in [0.1, 0.15) is 0 Å². The summed E-state index contributed by atoms with van der Waals surface area (Å²) in [4.78, 5) is 11.2. The lowest BCUT2D eigenvalue weighted by Crippen LogP contribution is -2.43. The Morgan fingerprint density at radius 2 is 2.00 bits per heavy atom. The molecule has 0 heterocycles. The SMILES string of the molecule is CCOCC(O[C@H](C)C(F)(F)F)C(=O)NC. The zero-order valence-corrected chi connectivity index (χ0v) is 9.43. The summed E-state index contributed by atoms with van der Waals surface area (Å²) >= 11 is 0. The average molecular weight is 243 g/mol. The molecule has 0 saturated heterocycles. The second-order valence-corrected chi connectivity index (χ2v) is 3.08. The Morgan fingerprint density at radius 1 is 1.44 bits per heavy atom. The molecule has 0 aromatic rings. The summed E-state index contributed by atoms with van der Waals surface area (Å²) in [5.41, 5.74) is 0. The van der Waals surface area contributed by atoms with Crippen molar-refractivity contribution in [2.24, 2.45) is 0 Å². The molecule has 2 atom stereocenters. The molecule has 1 unspecified atom stereocenters. The maximum Gasteiger partial charge on any atom is 0.414 e. The number of hydrogen-bond acceptors (Lipinski definition) is 3. The molecule has 0 radical (unpaired) electrons. The first-order valence-corrected chi connectivity index (χ1v) is 4.84. The van der Waals surface area contributed by atoms with Gasteiger partial charge in [0.15, 0.2) is 12.2 Å². The van der Waals surface area contributed by atoms with E-state index in [0.29, 0.717) is 6.61 Å². The fourth-order valence-electron chi connectivity index (χ4n) is 0.886. The molecule has 0 aliphatic heterocycles. The minimum Gasteiger partial charge on any atom is -0.378 e. The van der Waals surface area contributed by atoms with Crippen LogP contribution in [0, 0.1) is 0 Å². The molecule has 0 aromatic heterocycles. The van der Waals surface area contributed by atoms with Gasteiger partial charge in [-0.15, -0.1) is 0 Å². The summed E-state index contributed by atoms with van der Waals surface area (Å²) in [5.74, 6) is -0.635. The molecule has 16 heavy (non-hydrogen) atoms. The molecule has 4 nitrogen and oxygen atoms in total. The lowest BCUT2D eigenvalue weighted by molar-refractivity contribution is -0.229. The highest BCUT2D eigenvalue weighted by molar-refractivity contribution is 5.80. The standard InChI is InChI=1S/C9H16F3NO3/c1-4-15-5-7(8(14)13-3)16-6(2)9(10,11)12/h6-7H,4-5H2,1-3H3,(H,13,14)/t6-,7?/m1/s1. The molecule has 0 spiro atoms. The minimum atomic E-state index is -4.49. The van der Waals surface area contributed by atoms with Gasteiger partial charge in [0.05, 0.1) is 6.61 Å². The number of nitrogens with one attached hydrogen (secondary N) is 1. The Labute approximate surface area is 92.1 Å². The average Bonchev–Trinajstić information content (AvgIpc) is 2.21. The number of amides is 1. The van der Waals surface area contributed by atoms with Crippen LogP contribution in [0.4, 0.5) is 13.2 Å². The van der Waals surface area contributed by atoms with Gasteiger partial charge in [-0.05, 0) is 13.8 Å². The van der Waals surface area contributed by atoms with Crippen LogP contribution in [0.1, 0.15) is 13.8 Å². The van der Waals surface area contributed by atoms with E-state index in [4.69, 9.17) is 4.74 Å². The summed E-state index contributed by atoms with van der Waals surface area (Å²) in [6, 6.07) is 0. The summed E-state index contributed by atoms with van der Waals surface area (Å²) in [6.07, 6.45) is -7.74. The Morgan fingerprint density at radius 3 is 2.38 bits per heavy atom. The predicted molar refractivity (Wildman–Crippen MR) is 50.9 cm³/mol. The van der Waals surface area contributed by atoms with Gasteiger partial charge in [0, 0.05) is 13.7 Å². The van der Waals surface area contributed by atoms with E-state index < -0.39 is 24.3 Å². The van der Waals surface area contributed by atoms with Gasteiger partial charge < -0.3 is 14.8 Å². The molecule has 0 aromatic carbocycles. The van der Waals surface area contributed by atoms with E-state index in [0.717, 1.165) is 6.92 Å². The molecule has 1 N–H and O–H groups in total. The van der Waals surface area contributed by atoms with Crippen LogP contribution in [0.15, 0.2) is 0 Å². The van der Waals surface area contributed by atoms with E-state index in [9.17, 15) is 18.0 Å². The van der Waals surface area contributed by atoms with Crippen molar-refractivity contribution in [3.05, 3.63) is 0 Å². The Kier molecular flexibility index (Phi) is 6.35. The molecule has 96 valence electrons. The monoisotopic (exact) mass is 243 g/mol. The number of carbonyl (C=O) groups excluding carboxylic acids is 1. The number of alkyl halides is 3. The van der Waals surface area contributed by atoms with Crippen molar-refractivity contribution in [3.8, 4) is 0 Å². The van der Waals surface area contributed by atoms with Gasteiger partial charge in [-0.1, -0.05) is 0 Å². The predicted octanol–water partition coefficient (Wildman–Crippen LogP) is 1.10. The van der Waals surface area contributed by atoms with Crippen LogP contribution >= 0.6 is 0 Å². The molecule has 1 amide bonds. The minimum absolute atomic E-state index is 0.198. The molecular formula is C9H16F3NO3. The fourth-order valence-corrected chi connectivity index (χ4v) is 0.886. The van der Waals surface area contributed by atoms with E-state index in [1.54, 1.807) is 6.92 Å². The third kappa shape index (κ3) is 5.32. The number of hydrogen-bond donors (Lipinski definition) is 1. The van der Waals surface area contributed by atoms with Crippen molar-refractivity contribution in [2.75, 3.05) is 20.3 Å². The number of likely N-dealkylation sites (N-methyl/N-ethyl adjacent to an activating group) is 1. The topological polar surface area (TPSA) is 47.6 Å². The van der Waals surface area contributed by atoms with Crippen molar-refractivity contribution in [3.63, 3.8) is 0 Å². The van der Waals surface area contributed by atoms with Crippen LogP contribution in [-0.4, -0.2) is 44.6 Å². The van der Waals surface area contributed by atoms with Crippen LogP contribution < -0.4 is 5.32 Å². The quantitative estimate of drug-likeness (QED) is 0.760. The van der Waals surface area contributed by atoms with E-state index in [1.165, 1.54) is 7.05 Å². The third-order valence-corrected chi connectivity index (χ3v) is 1.84. The van der Waals surface area contributed by atoms with E-state index in [-0.39, 0.29) is 6.61 Å². The highest BCUT2D eigenvalue weighted by Gasteiger charge is 2.39. The molecule has 0 fully saturated rings. The normalized spacial score (nSPS) is 15.6. The van der Waals surface area contributed by atoms with Gasteiger partial charge in [-0.3, -0.25) is 4.79 Å². The second-order valence-electron chi connectivity index (χ2n) is 3.08. The highest BCUT2D eigenvalue weighted by atomic mass is 19.4. The maximum atomic E-state index is 12.2. The number of carbonyl (C=O) groups is 1. The van der Waals surface area contributed by atoms with Crippen LogP contribution in [-0.2, 0) is 14.3 Å². The zero-order chi connectivity index (χ0) is 12.8. The van der Waals surface area contributed by atoms with Gasteiger partial charge in [-0.25, -0.2) is 0 Å².